The number of rotatable bonds is 9. The van der Waals surface area contributed by atoms with Crippen LogP contribution in [-0.2, 0) is 11.3 Å². The summed E-state index contributed by atoms with van der Waals surface area (Å²) in [5.41, 5.74) is 1.38. The molecule has 0 unspecified atom stereocenters. The van der Waals surface area contributed by atoms with Gasteiger partial charge >= 0.3 is 0 Å². The number of hydrogen-bond acceptors (Lipinski definition) is 5. The molecule has 0 N–H and O–H groups in total. The Morgan fingerprint density at radius 1 is 1.07 bits per heavy atom. The van der Waals surface area contributed by atoms with Crippen molar-refractivity contribution in [1.29, 1.82) is 0 Å². The molecular weight excluding hydrogens is 387 g/mol. The molecule has 7 heteroatoms. The van der Waals surface area contributed by atoms with E-state index < -0.39 is 0 Å². The van der Waals surface area contributed by atoms with Crippen molar-refractivity contribution in [2.45, 2.75) is 13.0 Å². The summed E-state index contributed by atoms with van der Waals surface area (Å²) in [6.45, 7) is 5.23. The molecule has 0 spiro atoms. The lowest BCUT2D eigenvalue weighted by Crippen LogP contribution is -2.39. The zero-order valence-corrected chi connectivity index (χ0v) is 17.6. The number of amides is 1. The number of carbonyl (C=O) groups excluding carboxylic acids is 1. The molecule has 1 saturated heterocycles. The standard InChI is InChI=1S/C23H29FN2O4/c1-28-21-14-19(15-22(16-21)29-2)23(27)26(17-18-4-6-20(24)7-5-18)9-3-8-25-10-12-30-13-11-25/h4-7,14-16H,3,8-13,17H2,1-2H3. The lowest BCUT2D eigenvalue weighted by Gasteiger charge is -2.28. The predicted octanol–water partition coefficient (Wildman–Crippen LogP) is 3.21. The quantitative estimate of drug-likeness (QED) is 0.628. The molecule has 0 radical (unpaired) electrons. The van der Waals surface area contributed by atoms with Crippen molar-refractivity contribution < 1.29 is 23.4 Å². The monoisotopic (exact) mass is 416 g/mol. The van der Waals surface area contributed by atoms with Gasteiger partial charge in [0.25, 0.3) is 5.91 Å². The Morgan fingerprint density at radius 2 is 1.70 bits per heavy atom. The largest absolute Gasteiger partial charge is 0.497 e. The summed E-state index contributed by atoms with van der Waals surface area (Å²) in [5.74, 6) is 0.723. The molecule has 1 amide bonds. The molecule has 162 valence electrons. The van der Waals surface area contributed by atoms with Crippen LogP contribution in [0.15, 0.2) is 42.5 Å². The number of benzene rings is 2. The third-order valence-electron chi connectivity index (χ3n) is 5.18. The highest BCUT2D eigenvalue weighted by Gasteiger charge is 2.19. The topological polar surface area (TPSA) is 51.2 Å². The number of morpholine rings is 1. The van der Waals surface area contributed by atoms with Crippen LogP contribution in [0.2, 0.25) is 0 Å². The Balaban J connectivity index is 1.74. The molecule has 30 heavy (non-hydrogen) atoms. The second-order valence-electron chi connectivity index (χ2n) is 7.26. The first-order chi connectivity index (χ1) is 14.6. The zero-order chi connectivity index (χ0) is 21.3. The zero-order valence-electron chi connectivity index (χ0n) is 17.6. The lowest BCUT2D eigenvalue weighted by atomic mass is 10.1. The van der Waals surface area contributed by atoms with E-state index in [0.29, 0.717) is 30.2 Å². The predicted molar refractivity (Wildman–Crippen MR) is 113 cm³/mol. The summed E-state index contributed by atoms with van der Waals surface area (Å²) < 4.78 is 29.3. The Bertz CT molecular complexity index is 800. The van der Waals surface area contributed by atoms with E-state index in [2.05, 4.69) is 4.90 Å². The normalized spacial score (nSPS) is 14.4. The van der Waals surface area contributed by atoms with Gasteiger partial charge < -0.3 is 19.1 Å². The number of methoxy groups -OCH3 is 2. The summed E-state index contributed by atoms with van der Waals surface area (Å²) >= 11 is 0. The highest BCUT2D eigenvalue weighted by molar-refractivity contribution is 5.95. The molecule has 0 aromatic heterocycles. The second kappa shape index (κ2) is 10.9. The molecule has 2 aromatic rings. The van der Waals surface area contributed by atoms with Crippen LogP contribution in [0.1, 0.15) is 22.3 Å². The molecule has 1 aliphatic heterocycles. The minimum atomic E-state index is -0.290. The van der Waals surface area contributed by atoms with Crippen molar-refractivity contribution >= 4 is 5.91 Å². The molecular formula is C23H29FN2O4. The molecule has 0 bridgehead atoms. The van der Waals surface area contributed by atoms with Gasteiger partial charge in [0, 0.05) is 44.4 Å². The lowest BCUT2D eigenvalue weighted by molar-refractivity contribution is 0.0355. The molecule has 6 nitrogen and oxygen atoms in total. The van der Waals surface area contributed by atoms with Gasteiger partial charge in [0.1, 0.15) is 17.3 Å². The highest BCUT2D eigenvalue weighted by Crippen LogP contribution is 2.24. The maximum atomic E-state index is 13.3. The van der Waals surface area contributed by atoms with Crippen LogP contribution >= 0.6 is 0 Å². The fourth-order valence-corrected chi connectivity index (χ4v) is 3.49. The Morgan fingerprint density at radius 3 is 2.30 bits per heavy atom. The minimum Gasteiger partial charge on any atom is -0.497 e. The fraction of sp³-hybridized carbons (Fsp3) is 0.435. The van der Waals surface area contributed by atoms with E-state index in [1.54, 1.807) is 49.5 Å². The molecule has 0 saturated carbocycles. The van der Waals surface area contributed by atoms with Crippen LogP contribution in [0, 0.1) is 5.82 Å². The average molecular weight is 416 g/mol. The molecule has 1 aliphatic rings. The third-order valence-corrected chi connectivity index (χ3v) is 5.18. The van der Waals surface area contributed by atoms with E-state index in [0.717, 1.165) is 44.8 Å². The van der Waals surface area contributed by atoms with Crippen LogP contribution < -0.4 is 9.47 Å². The Kier molecular flexibility index (Phi) is 8.04. The number of nitrogens with zero attached hydrogens (tertiary/aromatic N) is 2. The molecule has 1 heterocycles. The van der Waals surface area contributed by atoms with Gasteiger partial charge in [-0.05, 0) is 36.2 Å². The fourth-order valence-electron chi connectivity index (χ4n) is 3.49. The molecule has 2 aromatic carbocycles. The molecule has 0 atom stereocenters. The molecule has 3 rings (SSSR count). The van der Waals surface area contributed by atoms with Gasteiger partial charge in [0.05, 0.1) is 27.4 Å². The number of ether oxygens (including phenoxy) is 3. The van der Waals surface area contributed by atoms with Crippen LogP contribution in [0.4, 0.5) is 4.39 Å². The minimum absolute atomic E-state index is 0.112. The van der Waals surface area contributed by atoms with E-state index in [4.69, 9.17) is 14.2 Å². The summed E-state index contributed by atoms with van der Waals surface area (Å²) in [4.78, 5) is 17.5. The van der Waals surface area contributed by atoms with E-state index >= 15 is 0 Å². The summed E-state index contributed by atoms with van der Waals surface area (Å²) in [5, 5.41) is 0. The van der Waals surface area contributed by atoms with Gasteiger partial charge in [-0.3, -0.25) is 9.69 Å². The second-order valence-corrected chi connectivity index (χ2v) is 7.26. The van der Waals surface area contributed by atoms with E-state index in [9.17, 15) is 9.18 Å². The summed E-state index contributed by atoms with van der Waals surface area (Å²) in [6, 6.07) is 11.4. The molecule has 0 aliphatic carbocycles. The van der Waals surface area contributed by atoms with Gasteiger partial charge in [-0.15, -0.1) is 0 Å². The van der Waals surface area contributed by atoms with E-state index in [1.165, 1.54) is 12.1 Å². The van der Waals surface area contributed by atoms with E-state index in [-0.39, 0.29) is 11.7 Å². The van der Waals surface area contributed by atoms with Crippen molar-refractivity contribution in [2.75, 3.05) is 53.6 Å². The van der Waals surface area contributed by atoms with Gasteiger partial charge in [-0.2, -0.15) is 0 Å². The highest BCUT2D eigenvalue weighted by atomic mass is 19.1. The van der Waals surface area contributed by atoms with Crippen LogP contribution in [0.3, 0.4) is 0 Å². The maximum Gasteiger partial charge on any atom is 0.254 e. The summed E-state index contributed by atoms with van der Waals surface area (Å²) in [6.07, 6.45) is 0.841. The first-order valence-corrected chi connectivity index (χ1v) is 10.2. The van der Waals surface area contributed by atoms with Crippen molar-refractivity contribution in [3.63, 3.8) is 0 Å². The Hall–Kier alpha value is -2.64. The van der Waals surface area contributed by atoms with Crippen molar-refractivity contribution in [1.82, 2.24) is 9.80 Å². The van der Waals surface area contributed by atoms with Crippen molar-refractivity contribution in [3.8, 4) is 11.5 Å². The summed E-state index contributed by atoms with van der Waals surface area (Å²) in [7, 11) is 3.11. The number of hydrogen-bond donors (Lipinski definition) is 0. The van der Waals surface area contributed by atoms with Gasteiger partial charge in [0.2, 0.25) is 0 Å². The average Bonchev–Trinajstić information content (AvgIpc) is 2.79. The van der Waals surface area contributed by atoms with Crippen LogP contribution in [0.5, 0.6) is 11.5 Å². The first-order valence-electron chi connectivity index (χ1n) is 10.2. The van der Waals surface area contributed by atoms with Gasteiger partial charge in [-0.25, -0.2) is 4.39 Å². The third kappa shape index (κ3) is 6.18. The smallest absolute Gasteiger partial charge is 0.254 e. The van der Waals surface area contributed by atoms with Crippen LogP contribution in [-0.4, -0.2) is 69.3 Å². The number of carbonyl (C=O) groups is 1. The van der Waals surface area contributed by atoms with Gasteiger partial charge in [0.15, 0.2) is 0 Å². The first kappa shape index (κ1) is 22.1. The van der Waals surface area contributed by atoms with Crippen molar-refractivity contribution in [3.05, 3.63) is 59.4 Å². The number of halogens is 1. The van der Waals surface area contributed by atoms with Crippen molar-refractivity contribution in [2.24, 2.45) is 0 Å². The SMILES string of the molecule is COc1cc(OC)cc(C(=O)N(CCCN2CCOCC2)Cc2ccc(F)cc2)c1. The van der Waals surface area contributed by atoms with Crippen LogP contribution in [0.25, 0.3) is 0 Å². The van der Waals surface area contributed by atoms with E-state index in [1.807, 2.05) is 0 Å². The Labute approximate surface area is 177 Å². The molecule has 1 fully saturated rings. The van der Waals surface area contributed by atoms with Gasteiger partial charge in [-0.1, -0.05) is 12.1 Å². The maximum absolute atomic E-state index is 13.3.